The van der Waals surface area contributed by atoms with Crippen LogP contribution in [0, 0.1) is 0 Å². The van der Waals surface area contributed by atoms with Gasteiger partial charge in [-0.05, 0) is 55.2 Å². The van der Waals surface area contributed by atoms with E-state index in [9.17, 15) is 19.8 Å². The first-order valence-corrected chi connectivity index (χ1v) is 12.9. The lowest BCUT2D eigenvalue weighted by Crippen LogP contribution is -2.06. The van der Waals surface area contributed by atoms with Crippen LogP contribution in [0.25, 0.3) is 22.5 Å². The summed E-state index contributed by atoms with van der Waals surface area (Å²) in [6, 6.07) is 22.4. The minimum Gasteiger partial charge on any atom is -0.497 e. The second-order valence-corrected chi connectivity index (χ2v) is 9.12. The van der Waals surface area contributed by atoms with E-state index in [0.29, 0.717) is 42.3 Å². The zero-order chi connectivity index (χ0) is 27.8. The molecule has 0 aliphatic rings. The normalized spacial score (nSPS) is 10.8. The Balaban J connectivity index is 1.93. The number of aliphatic carboxylic acids is 1. The molecule has 39 heavy (non-hydrogen) atoms. The molecule has 8 nitrogen and oxygen atoms in total. The average Bonchev–Trinajstić information content (AvgIpc) is 3.32. The lowest BCUT2D eigenvalue weighted by molar-refractivity contribution is -0.136. The molecule has 0 atom stereocenters. The summed E-state index contributed by atoms with van der Waals surface area (Å²) in [5.74, 6) is -0.900. The van der Waals surface area contributed by atoms with Crippen LogP contribution in [-0.4, -0.2) is 45.6 Å². The van der Waals surface area contributed by atoms with E-state index < -0.39 is 11.9 Å². The number of carboxylic acid groups (broad SMARTS) is 2. The van der Waals surface area contributed by atoms with Gasteiger partial charge in [-0.25, -0.2) is 4.79 Å². The molecule has 202 valence electrons. The summed E-state index contributed by atoms with van der Waals surface area (Å²) in [6.07, 6.45) is 1.60. The Morgan fingerprint density at radius 2 is 1.74 bits per heavy atom. The van der Waals surface area contributed by atoms with Gasteiger partial charge in [-0.3, -0.25) is 9.48 Å². The SMILES string of the molecule is CCCOc1cc(C(=O)O)ccc1-c1nn(CCc2ccccc2)c(-c2cccc(OC)c2)c1CCC(=O)O. The van der Waals surface area contributed by atoms with Crippen molar-refractivity contribution in [3.8, 4) is 34.0 Å². The largest absolute Gasteiger partial charge is 0.497 e. The number of ether oxygens (including phenoxy) is 2. The number of hydrogen-bond acceptors (Lipinski definition) is 5. The van der Waals surface area contributed by atoms with E-state index in [4.69, 9.17) is 14.6 Å². The number of nitrogens with zero attached hydrogens (tertiary/aromatic N) is 2. The zero-order valence-electron chi connectivity index (χ0n) is 22.1. The van der Waals surface area contributed by atoms with E-state index in [1.165, 1.54) is 12.1 Å². The summed E-state index contributed by atoms with van der Waals surface area (Å²) in [5.41, 5.74) is 4.85. The van der Waals surface area contributed by atoms with Crippen LogP contribution in [0.2, 0.25) is 0 Å². The standard InChI is InChI=1S/C31H32N2O6/c1-3-18-39-27-20-23(31(36)37)12-13-25(27)29-26(14-15-28(34)35)30(22-10-7-11-24(19-22)38-2)33(32-29)17-16-21-8-5-4-6-9-21/h4-13,19-20H,3,14-18H2,1-2H3,(H,34,35)(H,36,37). The van der Waals surface area contributed by atoms with Crippen molar-refractivity contribution in [3.63, 3.8) is 0 Å². The molecular weight excluding hydrogens is 496 g/mol. The Hall–Kier alpha value is -4.59. The lowest BCUT2D eigenvalue weighted by Gasteiger charge is -2.13. The van der Waals surface area contributed by atoms with Crippen molar-refractivity contribution < 1.29 is 29.3 Å². The Morgan fingerprint density at radius 1 is 0.949 bits per heavy atom. The van der Waals surface area contributed by atoms with Gasteiger partial charge in [-0.2, -0.15) is 5.10 Å². The Bertz CT molecular complexity index is 1440. The van der Waals surface area contributed by atoms with E-state index in [2.05, 4.69) is 12.1 Å². The van der Waals surface area contributed by atoms with Gasteiger partial charge in [0.1, 0.15) is 11.5 Å². The molecule has 0 fully saturated rings. The topological polar surface area (TPSA) is 111 Å². The maximum absolute atomic E-state index is 11.7. The molecule has 0 unspecified atom stereocenters. The zero-order valence-corrected chi connectivity index (χ0v) is 22.1. The van der Waals surface area contributed by atoms with E-state index in [0.717, 1.165) is 28.8 Å². The van der Waals surface area contributed by atoms with Crippen molar-refractivity contribution in [1.29, 1.82) is 0 Å². The second kappa shape index (κ2) is 12.8. The maximum Gasteiger partial charge on any atom is 0.335 e. The van der Waals surface area contributed by atoms with Gasteiger partial charge < -0.3 is 19.7 Å². The Labute approximate surface area is 227 Å². The van der Waals surface area contributed by atoms with E-state index >= 15 is 0 Å². The van der Waals surface area contributed by atoms with Crippen LogP contribution in [0.15, 0.2) is 72.8 Å². The summed E-state index contributed by atoms with van der Waals surface area (Å²) in [6.45, 7) is 2.92. The Morgan fingerprint density at radius 3 is 2.44 bits per heavy atom. The fourth-order valence-corrected chi connectivity index (χ4v) is 4.50. The second-order valence-electron chi connectivity index (χ2n) is 9.12. The van der Waals surface area contributed by atoms with Crippen LogP contribution >= 0.6 is 0 Å². The molecule has 0 amide bonds. The molecule has 1 aromatic heterocycles. The van der Waals surface area contributed by atoms with E-state index in [-0.39, 0.29) is 18.4 Å². The average molecular weight is 529 g/mol. The van der Waals surface area contributed by atoms with Crippen molar-refractivity contribution >= 4 is 11.9 Å². The van der Waals surface area contributed by atoms with Crippen LogP contribution in [0.3, 0.4) is 0 Å². The number of carboxylic acids is 2. The van der Waals surface area contributed by atoms with Gasteiger partial charge in [0.25, 0.3) is 0 Å². The van der Waals surface area contributed by atoms with Gasteiger partial charge in [0, 0.05) is 29.7 Å². The van der Waals surface area contributed by atoms with Gasteiger partial charge in [-0.15, -0.1) is 0 Å². The molecule has 4 aromatic rings. The molecule has 0 radical (unpaired) electrons. The molecule has 8 heteroatoms. The maximum atomic E-state index is 11.7. The molecule has 0 spiro atoms. The van der Waals surface area contributed by atoms with Crippen LogP contribution in [0.1, 0.15) is 41.3 Å². The van der Waals surface area contributed by atoms with Gasteiger partial charge in [-0.1, -0.05) is 49.4 Å². The molecular formula is C31H32N2O6. The van der Waals surface area contributed by atoms with E-state index in [1.807, 2.05) is 54.1 Å². The molecule has 0 saturated carbocycles. The van der Waals surface area contributed by atoms with Crippen molar-refractivity contribution in [3.05, 3.63) is 89.5 Å². The summed E-state index contributed by atoms with van der Waals surface area (Å²) < 4.78 is 13.4. The first-order chi connectivity index (χ1) is 18.9. The highest BCUT2D eigenvalue weighted by atomic mass is 16.5. The summed E-state index contributed by atoms with van der Waals surface area (Å²) in [7, 11) is 1.60. The van der Waals surface area contributed by atoms with Gasteiger partial charge in [0.05, 0.1) is 30.7 Å². The third kappa shape index (κ3) is 6.65. The van der Waals surface area contributed by atoms with Crippen LogP contribution in [-0.2, 0) is 24.2 Å². The van der Waals surface area contributed by atoms with Crippen molar-refractivity contribution in [2.75, 3.05) is 13.7 Å². The number of hydrogen-bond donors (Lipinski definition) is 2. The lowest BCUT2D eigenvalue weighted by atomic mass is 9.96. The number of aryl methyl sites for hydroxylation is 2. The molecule has 1 heterocycles. The predicted molar refractivity (Wildman–Crippen MR) is 148 cm³/mol. The van der Waals surface area contributed by atoms with Gasteiger partial charge >= 0.3 is 11.9 Å². The number of methoxy groups -OCH3 is 1. The number of rotatable bonds is 13. The summed E-state index contributed by atoms with van der Waals surface area (Å²) in [5, 5.41) is 24.1. The molecule has 2 N–H and O–H groups in total. The third-order valence-corrected chi connectivity index (χ3v) is 6.38. The Kier molecular flexibility index (Phi) is 8.99. The fraction of sp³-hybridized carbons (Fsp3) is 0.258. The van der Waals surface area contributed by atoms with Crippen LogP contribution in [0.4, 0.5) is 0 Å². The number of aromatic nitrogens is 2. The molecule has 0 aliphatic heterocycles. The smallest absolute Gasteiger partial charge is 0.335 e. The highest BCUT2D eigenvalue weighted by Crippen LogP contribution is 2.39. The number of aromatic carboxylic acids is 1. The summed E-state index contributed by atoms with van der Waals surface area (Å²) >= 11 is 0. The third-order valence-electron chi connectivity index (χ3n) is 6.38. The molecule has 3 aromatic carbocycles. The summed E-state index contributed by atoms with van der Waals surface area (Å²) in [4.78, 5) is 23.4. The quantitative estimate of drug-likeness (QED) is 0.220. The van der Waals surface area contributed by atoms with Gasteiger partial charge in [0.2, 0.25) is 0 Å². The van der Waals surface area contributed by atoms with Crippen LogP contribution in [0.5, 0.6) is 11.5 Å². The fourth-order valence-electron chi connectivity index (χ4n) is 4.50. The highest BCUT2D eigenvalue weighted by molar-refractivity contribution is 5.90. The minimum atomic E-state index is -1.06. The number of carbonyl (C=O) groups is 2. The predicted octanol–water partition coefficient (Wildman–Crippen LogP) is 5.97. The van der Waals surface area contributed by atoms with Crippen LogP contribution < -0.4 is 9.47 Å². The van der Waals surface area contributed by atoms with Gasteiger partial charge in [0.15, 0.2) is 0 Å². The minimum absolute atomic E-state index is 0.0906. The number of benzene rings is 3. The van der Waals surface area contributed by atoms with Crippen molar-refractivity contribution in [2.24, 2.45) is 0 Å². The molecule has 0 bridgehead atoms. The molecule has 4 rings (SSSR count). The molecule has 0 saturated heterocycles. The molecule has 0 aliphatic carbocycles. The first-order valence-electron chi connectivity index (χ1n) is 12.9. The van der Waals surface area contributed by atoms with Crippen molar-refractivity contribution in [1.82, 2.24) is 9.78 Å². The van der Waals surface area contributed by atoms with Crippen molar-refractivity contribution in [2.45, 2.75) is 39.2 Å². The monoisotopic (exact) mass is 528 g/mol. The van der Waals surface area contributed by atoms with E-state index in [1.54, 1.807) is 13.2 Å². The first kappa shape index (κ1) is 27.4. The highest BCUT2D eigenvalue weighted by Gasteiger charge is 2.24.